The molecular formula is C14H13N5OS. The molecule has 3 heterocycles. The van der Waals surface area contributed by atoms with E-state index in [2.05, 4.69) is 20.3 Å². The summed E-state index contributed by atoms with van der Waals surface area (Å²) in [5.74, 6) is 2.41. The number of nitrogens with two attached hydrogens (primary N) is 1. The highest BCUT2D eigenvalue weighted by atomic mass is 32.1. The van der Waals surface area contributed by atoms with E-state index in [1.807, 2.05) is 13.1 Å². The van der Waals surface area contributed by atoms with Gasteiger partial charge in [0.1, 0.15) is 23.1 Å². The molecule has 7 heteroatoms. The molecule has 3 aromatic heterocycles. The highest BCUT2D eigenvalue weighted by Gasteiger charge is 2.03. The SMILES string of the molecule is Cc1cnc(Nc2cc(Oc3ccc(N)nc3)ccn2)s1. The van der Waals surface area contributed by atoms with Crippen LogP contribution in [0.5, 0.6) is 11.5 Å². The number of aromatic nitrogens is 3. The lowest BCUT2D eigenvalue weighted by molar-refractivity contribution is 0.480. The number of aryl methyl sites for hydroxylation is 1. The first-order chi connectivity index (χ1) is 10.2. The van der Waals surface area contributed by atoms with Crippen molar-refractivity contribution in [3.8, 4) is 11.5 Å². The molecule has 0 unspecified atom stereocenters. The van der Waals surface area contributed by atoms with Crippen LogP contribution in [-0.2, 0) is 0 Å². The summed E-state index contributed by atoms with van der Waals surface area (Å²) in [6.07, 6.45) is 5.06. The molecule has 0 radical (unpaired) electrons. The van der Waals surface area contributed by atoms with Crippen LogP contribution in [0.4, 0.5) is 16.8 Å². The van der Waals surface area contributed by atoms with Gasteiger partial charge in [0.05, 0.1) is 6.20 Å². The number of rotatable bonds is 4. The zero-order chi connectivity index (χ0) is 14.7. The lowest BCUT2D eigenvalue weighted by atomic mass is 10.4. The van der Waals surface area contributed by atoms with Gasteiger partial charge < -0.3 is 15.8 Å². The van der Waals surface area contributed by atoms with E-state index in [0.29, 0.717) is 23.1 Å². The number of pyridine rings is 2. The summed E-state index contributed by atoms with van der Waals surface area (Å²) in [5.41, 5.74) is 5.54. The maximum atomic E-state index is 5.70. The number of nitrogens with zero attached hydrogens (tertiary/aromatic N) is 3. The molecule has 0 aliphatic carbocycles. The zero-order valence-corrected chi connectivity index (χ0v) is 12.1. The minimum Gasteiger partial charge on any atom is -0.456 e. The average molecular weight is 299 g/mol. The number of ether oxygens (including phenoxy) is 1. The summed E-state index contributed by atoms with van der Waals surface area (Å²) < 4.78 is 5.70. The molecule has 3 N–H and O–H groups in total. The van der Waals surface area contributed by atoms with Gasteiger partial charge in [-0.1, -0.05) is 0 Å². The molecule has 21 heavy (non-hydrogen) atoms. The lowest BCUT2D eigenvalue weighted by Gasteiger charge is -2.07. The van der Waals surface area contributed by atoms with E-state index in [9.17, 15) is 0 Å². The molecule has 0 fully saturated rings. The van der Waals surface area contributed by atoms with E-state index in [-0.39, 0.29) is 0 Å². The minimum atomic E-state index is 0.457. The highest BCUT2D eigenvalue weighted by molar-refractivity contribution is 7.15. The van der Waals surface area contributed by atoms with E-state index in [0.717, 1.165) is 10.0 Å². The monoisotopic (exact) mass is 299 g/mol. The lowest BCUT2D eigenvalue weighted by Crippen LogP contribution is -1.94. The molecule has 3 aromatic rings. The molecule has 0 aromatic carbocycles. The van der Waals surface area contributed by atoms with Crippen molar-refractivity contribution in [2.45, 2.75) is 6.92 Å². The maximum Gasteiger partial charge on any atom is 0.188 e. The topological polar surface area (TPSA) is 86.0 Å². The van der Waals surface area contributed by atoms with Crippen molar-refractivity contribution >= 4 is 28.1 Å². The third-order valence-corrected chi connectivity index (χ3v) is 3.41. The summed E-state index contributed by atoms with van der Waals surface area (Å²) in [7, 11) is 0. The van der Waals surface area contributed by atoms with Crippen LogP contribution in [0.15, 0.2) is 42.9 Å². The second-order valence-electron chi connectivity index (χ2n) is 4.30. The van der Waals surface area contributed by atoms with Crippen LogP contribution in [0, 0.1) is 6.92 Å². The van der Waals surface area contributed by atoms with E-state index in [1.165, 1.54) is 0 Å². The van der Waals surface area contributed by atoms with E-state index >= 15 is 0 Å². The van der Waals surface area contributed by atoms with Crippen molar-refractivity contribution in [1.29, 1.82) is 0 Å². The zero-order valence-electron chi connectivity index (χ0n) is 11.3. The van der Waals surface area contributed by atoms with Gasteiger partial charge in [0.25, 0.3) is 0 Å². The third kappa shape index (κ3) is 3.46. The van der Waals surface area contributed by atoms with E-state index in [1.54, 1.807) is 48.0 Å². The van der Waals surface area contributed by atoms with Crippen LogP contribution in [0.3, 0.4) is 0 Å². The summed E-state index contributed by atoms with van der Waals surface area (Å²) in [5, 5.41) is 3.94. The van der Waals surface area contributed by atoms with Crippen molar-refractivity contribution in [3.63, 3.8) is 0 Å². The largest absolute Gasteiger partial charge is 0.456 e. The molecular weight excluding hydrogens is 286 g/mol. The van der Waals surface area contributed by atoms with Crippen LogP contribution < -0.4 is 15.8 Å². The highest BCUT2D eigenvalue weighted by Crippen LogP contribution is 2.25. The second-order valence-corrected chi connectivity index (χ2v) is 5.53. The predicted octanol–water partition coefficient (Wildman–Crippen LogP) is 3.36. The Morgan fingerprint density at radius 1 is 1.10 bits per heavy atom. The maximum absolute atomic E-state index is 5.70. The Morgan fingerprint density at radius 3 is 2.71 bits per heavy atom. The van der Waals surface area contributed by atoms with Gasteiger partial charge in [-0.2, -0.15) is 0 Å². The smallest absolute Gasteiger partial charge is 0.188 e. The van der Waals surface area contributed by atoms with E-state index < -0.39 is 0 Å². The number of hydrogen-bond donors (Lipinski definition) is 2. The molecule has 6 nitrogen and oxygen atoms in total. The van der Waals surface area contributed by atoms with Crippen LogP contribution >= 0.6 is 11.3 Å². The first-order valence-corrected chi connectivity index (χ1v) is 7.05. The van der Waals surface area contributed by atoms with Gasteiger partial charge >= 0.3 is 0 Å². The Bertz CT molecular complexity index is 741. The fourth-order valence-electron chi connectivity index (χ4n) is 1.65. The standard InChI is InChI=1S/C14H13N5OS/c1-9-7-18-14(21-9)19-13-6-10(4-5-16-13)20-11-2-3-12(15)17-8-11/h2-8H,1H3,(H2,15,17)(H,16,18,19). The van der Waals surface area contributed by atoms with Crippen LogP contribution in [-0.4, -0.2) is 15.0 Å². The van der Waals surface area contributed by atoms with Crippen LogP contribution in [0.25, 0.3) is 0 Å². The summed E-state index contributed by atoms with van der Waals surface area (Å²) in [4.78, 5) is 13.6. The predicted molar refractivity (Wildman–Crippen MR) is 83.1 cm³/mol. The Morgan fingerprint density at radius 2 is 2.00 bits per heavy atom. The normalized spacial score (nSPS) is 10.3. The Labute approximate surface area is 125 Å². The van der Waals surface area contributed by atoms with Crippen molar-refractivity contribution < 1.29 is 4.74 Å². The minimum absolute atomic E-state index is 0.457. The summed E-state index contributed by atoms with van der Waals surface area (Å²) >= 11 is 1.57. The first-order valence-electron chi connectivity index (χ1n) is 6.24. The van der Waals surface area contributed by atoms with Crippen molar-refractivity contribution in [2.24, 2.45) is 0 Å². The van der Waals surface area contributed by atoms with Crippen molar-refractivity contribution in [1.82, 2.24) is 15.0 Å². The van der Waals surface area contributed by atoms with Gasteiger partial charge in [-0.25, -0.2) is 15.0 Å². The molecule has 106 valence electrons. The number of nitrogens with one attached hydrogen (secondary N) is 1. The third-order valence-electron chi connectivity index (χ3n) is 2.58. The van der Waals surface area contributed by atoms with Crippen LogP contribution in [0.2, 0.25) is 0 Å². The number of anilines is 3. The van der Waals surface area contributed by atoms with Gasteiger partial charge in [-0.05, 0) is 25.1 Å². The van der Waals surface area contributed by atoms with E-state index in [4.69, 9.17) is 10.5 Å². The fraction of sp³-hybridized carbons (Fsp3) is 0.0714. The average Bonchev–Trinajstić information content (AvgIpc) is 2.87. The van der Waals surface area contributed by atoms with Gasteiger partial charge in [-0.3, -0.25) is 0 Å². The molecule has 3 rings (SSSR count). The molecule has 0 aliphatic rings. The second kappa shape index (κ2) is 5.76. The summed E-state index contributed by atoms with van der Waals surface area (Å²) in [6, 6.07) is 7.02. The van der Waals surface area contributed by atoms with Crippen molar-refractivity contribution in [2.75, 3.05) is 11.1 Å². The van der Waals surface area contributed by atoms with Gasteiger partial charge in [-0.15, -0.1) is 11.3 Å². The fourth-order valence-corrected chi connectivity index (χ4v) is 2.32. The molecule has 0 saturated carbocycles. The Hall–Kier alpha value is -2.67. The number of nitrogen functional groups attached to an aromatic ring is 1. The van der Waals surface area contributed by atoms with Gasteiger partial charge in [0.2, 0.25) is 0 Å². The number of hydrogen-bond acceptors (Lipinski definition) is 7. The van der Waals surface area contributed by atoms with Gasteiger partial charge in [0, 0.05) is 23.3 Å². The molecule has 0 saturated heterocycles. The molecule has 0 amide bonds. The number of thiazole rings is 1. The Kier molecular flexibility index (Phi) is 3.65. The quantitative estimate of drug-likeness (QED) is 0.768. The van der Waals surface area contributed by atoms with Crippen molar-refractivity contribution in [3.05, 3.63) is 47.7 Å². The summed E-state index contributed by atoms with van der Waals surface area (Å²) in [6.45, 7) is 2.00. The molecule has 0 spiro atoms. The Balaban J connectivity index is 1.75. The molecule has 0 atom stereocenters. The molecule has 0 aliphatic heterocycles. The first kappa shape index (κ1) is 13.3. The van der Waals surface area contributed by atoms with Gasteiger partial charge in [0.15, 0.2) is 5.13 Å². The molecule has 0 bridgehead atoms. The van der Waals surface area contributed by atoms with Crippen LogP contribution in [0.1, 0.15) is 4.88 Å².